The minimum atomic E-state index is 0.320. The molecule has 2 aliphatic rings. The highest BCUT2D eigenvalue weighted by Crippen LogP contribution is 2.42. The number of nitrogens with two attached hydrogens (primary N) is 1. The number of nitrogens with zero attached hydrogens (tertiary/aromatic N) is 3. The Morgan fingerprint density at radius 1 is 1.39 bits per heavy atom. The van der Waals surface area contributed by atoms with E-state index in [1.165, 1.54) is 24.3 Å². The van der Waals surface area contributed by atoms with Crippen molar-refractivity contribution in [1.29, 1.82) is 0 Å². The molecule has 1 aliphatic carbocycles. The molecule has 0 bridgehead atoms. The quantitative estimate of drug-likeness (QED) is 0.803. The van der Waals surface area contributed by atoms with E-state index in [0.717, 1.165) is 21.7 Å². The maximum atomic E-state index is 6.06. The summed E-state index contributed by atoms with van der Waals surface area (Å²) in [6, 6.07) is 0.320. The fraction of sp³-hybridized carbons (Fsp3) is 0.667. The summed E-state index contributed by atoms with van der Waals surface area (Å²) in [7, 11) is 2.15. The fourth-order valence-corrected chi connectivity index (χ4v) is 4.13. The van der Waals surface area contributed by atoms with Crippen molar-refractivity contribution in [2.24, 2.45) is 0 Å². The second kappa shape index (κ2) is 5.13. The lowest BCUT2D eigenvalue weighted by molar-refractivity contribution is 0.264. The molecule has 1 atom stereocenters. The molecular formula is C12H17IN4S. The summed E-state index contributed by atoms with van der Waals surface area (Å²) in [4.78, 5) is 11.7. The maximum Gasteiger partial charge on any atom is 0.149 e. The Hall–Kier alpha value is -0.0800. The Balaban J connectivity index is 1.96. The molecule has 4 nitrogen and oxygen atoms in total. The monoisotopic (exact) mass is 376 g/mol. The average molecular weight is 376 g/mol. The van der Waals surface area contributed by atoms with Crippen LogP contribution < -0.4 is 5.73 Å². The van der Waals surface area contributed by atoms with Crippen molar-refractivity contribution in [3.63, 3.8) is 0 Å². The van der Waals surface area contributed by atoms with Crippen LogP contribution in [0.5, 0.6) is 0 Å². The first-order chi connectivity index (χ1) is 8.66. The second-order valence-electron chi connectivity index (χ2n) is 5.01. The Labute approximate surface area is 125 Å². The number of halogens is 1. The van der Waals surface area contributed by atoms with Crippen molar-refractivity contribution >= 4 is 40.2 Å². The van der Waals surface area contributed by atoms with E-state index >= 15 is 0 Å². The summed E-state index contributed by atoms with van der Waals surface area (Å²) in [6.45, 7) is 1.10. The zero-order valence-corrected chi connectivity index (χ0v) is 13.4. The van der Waals surface area contributed by atoms with E-state index in [0.29, 0.717) is 17.8 Å². The summed E-state index contributed by atoms with van der Waals surface area (Å²) >= 11 is 4.26. The molecule has 3 rings (SSSR count). The van der Waals surface area contributed by atoms with Crippen LogP contribution in [0.2, 0.25) is 0 Å². The van der Waals surface area contributed by atoms with Crippen LogP contribution >= 0.6 is 34.4 Å². The molecule has 0 spiro atoms. The van der Waals surface area contributed by atoms with Crippen LogP contribution in [0.15, 0.2) is 0 Å². The summed E-state index contributed by atoms with van der Waals surface area (Å²) in [5.74, 6) is 4.47. The summed E-state index contributed by atoms with van der Waals surface area (Å²) in [5.41, 5.74) is 7.24. The van der Waals surface area contributed by atoms with Gasteiger partial charge in [-0.2, -0.15) is 11.8 Å². The van der Waals surface area contributed by atoms with E-state index in [1.807, 2.05) is 11.8 Å². The number of nitrogen functional groups attached to an aromatic ring is 1. The lowest BCUT2D eigenvalue weighted by atomic mass is 10.2. The molecule has 6 heteroatoms. The van der Waals surface area contributed by atoms with Gasteiger partial charge in [-0.15, -0.1) is 0 Å². The Morgan fingerprint density at radius 2 is 2.17 bits per heavy atom. The molecule has 1 aromatic rings. The molecule has 0 aromatic carbocycles. The van der Waals surface area contributed by atoms with Crippen LogP contribution in [0, 0.1) is 3.57 Å². The van der Waals surface area contributed by atoms with Crippen molar-refractivity contribution in [3.05, 3.63) is 15.1 Å². The normalized spacial score (nSPS) is 25.3. The van der Waals surface area contributed by atoms with Crippen molar-refractivity contribution in [1.82, 2.24) is 14.9 Å². The highest BCUT2D eigenvalue weighted by Gasteiger charge is 2.31. The number of aromatic nitrogens is 2. The maximum absolute atomic E-state index is 6.06. The predicted molar refractivity (Wildman–Crippen MR) is 83.8 cm³/mol. The molecule has 2 fully saturated rings. The van der Waals surface area contributed by atoms with E-state index < -0.39 is 0 Å². The number of thioether (sulfide) groups is 1. The van der Waals surface area contributed by atoms with Gasteiger partial charge < -0.3 is 5.73 Å². The summed E-state index contributed by atoms with van der Waals surface area (Å²) in [5, 5.41) is 0. The van der Waals surface area contributed by atoms with E-state index in [-0.39, 0.29) is 0 Å². The molecule has 1 aliphatic heterocycles. The second-order valence-corrected chi connectivity index (χ2v) is 7.24. The molecule has 2 heterocycles. The van der Waals surface area contributed by atoms with Crippen molar-refractivity contribution in [3.8, 4) is 0 Å². The average Bonchev–Trinajstić information content (AvgIpc) is 3.17. The van der Waals surface area contributed by atoms with Crippen LogP contribution in [0.1, 0.15) is 36.3 Å². The molecule has 0 amide bonds. The van der Waals surface area contributed by atoms with Crippen LogP contribution in [-0.2, 0) is 0 Å². The van der Waals surface area contributed by atoms with Gasteiger partial charge in [0.2, 0.25) is 0 Å². The van der Waals surface area contributed by atoms with Gasteiger partial charge in [0, 0.05) is 24.0 Å². The van der Waals surface area contributed by atoms with Crippen LogP contribution in [0.25, 0.3) is 0 Å². The van der Waals surface area contributed by atoms with E-state index in [1.54, 1.807) is 0 Å². The van der Waals surface area contributed by atoms with Crippen molar-refractivity contribution in [2.75, 3.05) is 30.8 Å². The Kier molecular flexibility index (Phi) is 3.68. The van der Waals surface area contributed by atoms with Crippen LogP contribution in [-0.4, -0.2) is 40.0 Å². The zero-order valence-electron chi connectivity index (χ0n) is 10.4. The number of hydrogen-bond donors (Lipinski definition) is 1. The van der Waals surface area contributed by atoms with E-state index in [4.69, 9.17) is 10.7 Å². The van der Waals surface area contributed by atoms with Gasteiger partial charge in [0.25, 0.3) is 0 Å². The number of anilines is 1. The van der Waals surface area contributed by atoms with Gasteiger partial charge in [-0.1, -0.05) is 0 Å². The SMILES string of the molecule is CN1CCSCC1c1nc(N)c(I)c(C2CC2)n1. The van der Waals surface area contributed by atoms with Gasteiger partial charge in [-0.3, -0.25) is 4.90 Å². The standard InChI is InChI=1S/C12H17IN4S/c1-17-4-5-18-6-8(17)12-15-10(7-2-3-7)9(13)11(14)16-12/h7-8H,2-6H2,1H3,(H2,14,15,16). The van der Waals surface area contributed by atoms with Crippen LogP contribution in [0.3, 0.4) is 0 Å². The fourth-order valence-electron chi connectivity index (χ4n) is 2.24. The molecule has 1 aromatic heterocycles. The molecule has 1 unspecified atom stereocenters. The molecule has 1 saturated heterocycles. The van der Waals surface area contributed by atoms with Gasteiger partial charge in [0.15, 0.2) is 0 Å². The van der Waals surface area contributed by atoms with Gasteiger partial charge in [0.1, 0.15) is 11.6 Å². The van der Waals surface area contributed by atoms with Gasteiger partial charge in [-0.25, -0.2) is 9.97 Å². The molecule has 1 saturated carbocycles. The third-order valence-electron chi connectivity index (χ3n) is 3.58. The predicted octanol–water partition coefficient (Wildman–Crippen LogP) is 2.26. The first-order valence-electron chi connectivity index (χ1n) is 6.27. The Bertz CT molecular complexity index is 464. The lowest BCUT2D eigenvalue weighted by Crippen LogP contribution is -2.34. The first kappa shape index (κ1) is 12.9. The molecule has 18 heavy (non-hydrogen) atoms. The molecular weight excluding hydrogens is 359 g/mol. The largest absolute Gasteiger partial charge is 0.383 e. The van der Waals surface area contributed by atoms with Crippen molar-refractivity contribution < 1.29 is 0 Å². The van der Waals surface area contributed by atoms with Gasteiger partial charge >= 0.3 is 0 Å². The van der Waals surface area contributed by atoms with Crippen molar-refractivity contribution in [2.45, 2.75) is 24.8 Å². The number of rotatable bonds is 2. The smallest absolute Gasteiger partial charge is 0.149 e. The minimum Gasteiger partial charge on any atom is -0.383 e. The highest BCUT2D eigenvalue weighted by atomic mass is 127. The molecule has 2 N–H and O–H groups in total. The van der Waals surface area contributed by atoms with E-state index in [9.17, 15) is 0 Å². The summed E-state index contributed by atoms with van der Waals surface area (Å²) < 4.78 is 1.06. The molecule has 0 radical (unpaired) electrons. The van der Waals surface area contributed by atoms with E-state index in [2.05, 4.69) is 39.5 Å². The number of hydrogen-bond acceptors (Lipinski definition) is 5. The van der Waals surface area contributed by atoms with Crippen LogP contribution in [0.4, 0.5) is 5.82 Å². The minimum absolute atomic E-state index is 0.320. The Morgan fingerprint density at radius 3 is 2.83 bits per heavy atom. The lowest BCUT2D eigenvalue weighted by Gasteiger charge is -2.31. The van der Waals surface area contributed by atoms with Gasteiger partial charge in [0.05, 0.1) is 15.3 Å². The highest BCUT2D eigenvalue weighted by molar-refractivity contribution is 14.1. The summed E-state index contributed by atoms with van der Waals surface area (Å²) in [6.07, 6.45) is 2.50. The molecule has 98 valence electrons. The first-order valence-corrected chi connectivity index (χ1v) is 8.51. The zero-order chi connectivity index (χ0) is 12.7. The third kappa shape index (κ3) is 2.46. The van der Waals surface area contributed by atoms with Gasteiger partial charge in [-0.05, 0) is 42.5 Å². The topological polar surface area (TPSA) is 55.0 Å². The third-order valence-corrected chi connectivity index (χ3v) is 5.71.